The number of anilines is 1. The van der Waals surface area contributed by atoms with Gasteiger partial charge >= 0.3 is 7.60 Å². The van der Waals surface area contributed by atoms with Gasteiger partial charge in [0, 0.05) is 17.8 Å². The van der Waals surface area contributed by atoms with E-state index in [1.54, 1.807) is 62.4 Å². The quantitative estimate of drug-likeness (QED) is 0.128. The summed E-state index contributed by atoms with van der Waals surface area (Å²) >= 11 is 0. The highest BCUT2D eigenvalue weighted by molar-refractivity contribution is 7.85. The van der Waals surface area contributed by atoms with E-state index in [0.29, 0.717) is 23.0 Å². The number of carbonyl (C=O) groups excluding carboxylic acids is 2. The first-order valence-corrected chi connectivity index (χ1v) is 18.2. The lowest BCUT2D eigenvalue weighted by Crippen LogP contribution is -2.28. The molecule has 0 saturated carbocycles. The summed E-state index contributed by atoms with van der Waals surface area (Å²) in [6.07, 6.45) is 4.49. The molecule has 0 aliphatic heterocycles. The molecule has 3 N–H and O–H groups in total. The zero-order chi connectivity index (χ0) is 34.0. The van der Waals surface area contributed by atoms with Gasteiger partial charge in [0.2, 0.25) is 5.91 Å². The minimum atomic E-state index is -4.19. The predicted molar refractivity (Wildman–Crippen MR) is 182 cm³/mol. The summed E-state index contributed by atoms with van der Waals surface area (Å²) in [6, 6.07) is 21.0. The Balaban J connectivity index is 1.84. The number of benzene rings is 3. The van der Waals surface area contributed by atoms with Crippen LogP contribution in [0.25, 0.3) is 6.08 Å². The highest BCUT2D eigenvalue weighted by Crippen LogP contribution is 2.46. The maximum Gasteiger partial charge on any atom is 0.361 e. The first kappa shape index (κ1) is 36.9. The van der Waals surface area contributed by atoms with Gasteiger partial charge in [0.05, 0.1) is 30.2 Å². The van der Waals surface area contributed by atoms with E-state index in [4.69, 9.17) is 13.6 Å². The van der Waals surface area contributed by atoms with Crippen LogP contribution in [0.2, 0.25) is 0 Å². The minimum absolute atomic E-state index is 0.0231. The van der Waals surface area contributed by atoms with Gasteiger partial charge in [0.15, 0.2) is 0 Å². The molecule has 46 heavy (non-hydrogen) atoms. The van der Waals surface area contributed by atoms with E-state index in [1.807, 2.05) is 30.3 Å². The largest absolute Gasteiger partial charge is 0.361 e. The van der Waals surface area contributed by atoms with E-state index in [9.17, 15) is 22.6 Å². The molecular formula is C34H43N2O8PS. The number of carbonyl (C=O) groups is 2. The minimum Gasteiger partial charge on any atom is -0.351 e. The van der Waals surface area contributed by atoms with Crippen LogP contribution in [-0.4, -0.2) is 50.3 Å². The predicted octanol–water partition coefficient (Wildman–Crippen LogP) is 6.22. The van der Waals surface area contributed by atoms with Crippen molar-refractivity contribution in [2.45, 2.75) is 47.0 Å². The van der Waals surface area contributed by atoms with Crippen LogP contribution >= 0.6 is 7.60 Å². The molecule has 1 atom stereocenters. The first-order valence-electron chi connectivity index (χ1n) is 15.0. The van der Waals surface area contributed by atoms with E-state index in [2.05, 4.69) is 37.5 Å². The zero-order valence-electron chi connectivity index (χ0n) is 26.9. The van der Waals surface area contributed by atoms with Crippen molar-refractivity contribution in [3.8, 4) is 0 Å². The maximum atomic E-state index is 13.8. The number of rotatable bonds is 15. The van der Waals surface area contributed by atoms with Gasteiger partial charge in [-0.2, -0.15) is 8.42 Å². The maximum absolute atomic E-state index is 13.8. The Hall–Kier alpha value is -3.60. The number of hydrogen-bond acceptors (Lipinski definition) is 7. The van der Waals surface area contributed by atoms with Crippen molar-refractivity contribution in [2.24, 2.45) is 5.41 Å². The van der Waals surface area contributed by atoms with Crippen molar-refractivity contribution >= 4 is 46.6 Å². The second-order valence-electron chi connectivity index (χ2n) is 11.7. The third-order valence-corrected chi connectivity index (χ3v) is 9.63. The summed E-state index contributed by atoms with van der Waals surface area (Å²) in [5, 5.41) is 5.82. The molecule has 0 radical (unpaired) electrons. The van der Waals surface area contributed by atoms with Crippen molar-refractivity contribution in [3.05, 3.63) is 101 Å². The molecular weight excluding hydrogens is 627 g/mol. The highest BCUT2D eigenvalue weighted by Gasteiger charge is 2.27. The van der Waals surface area contributed by atoms with Gasteiger partial charge in [-0.1, -0.05) is 69.3 Å². The number of nitrogens with one attached hydrogen (secondary N) is 2. The second-order valence-corrected chi connectivity index (χ2v) is 15.3. The monoisotopic (exact) mass is 670 g/mol. The lowest BCUT2D eigenvalue weighted by Gasteiger charge is -2.19. The van der Waals surface area contributed by atoms with Gasteiger partial charge < -0.3 is 19.7 Å². The molecule has 0 heterocycles. The Labute approximate surface area is 271 Å². The molecule has 1 unspecified atom stereocenters. The molecule has 2 amide bonds. The molecule has 3 rings (SSSR count). The molecule has 10 nitrogen and oxygen atoms in total. The lowest BCUT2D eigenvalue weighted by atomic mass is 9.89. The van der Waals surface area contributed by atoms with E-state index >= 15 is 0 Å². The Morgan fingerprint density at radius 3 is 2.02 bits per heavy atom. The molecule has 0 fully saturated rings. The number of amides is 2. The Morgan fingerprint density at radius 2 is 1.50 bits per heavy atom. The summed E-state index contributed by atoms with van der Waals surface area (Å²) in [7, 11) is -7.66. The highest BCUT2D eigenvalue weighted by atomic mass is 32.2. The molecule has 12 heteroatoms. The van der Waals surface area contributed by atoms with Gasteiger partial charge in [-0.05, 0) is 78.8 Å². The van der Waals surface area contributed by atoms with Gasteiger partial charge in [-0.3, -0.25) is 18.7 Å². The van der Waals surface area contributed by atoms with Gasteiger partial charge in [0.1, 0.15) is 0 Å². The summed E-state index contributed by atoms with van der Waals surface area (Å²) in [4.78, 5) is 26.2. The summed E-state index contributed by atoms with van der Waals surface area (Å²) in [5.41, 5.74) is 3.45. The van der Waals surface area contributed by atoms with Crippen LogP contribution in [0.1, 0.15) is 67.6 Å². The summed E-state index contributed by atoms with van der Waals surface area (Å²) < 4.78 is 54.7. The molecule has 0 aromatic heterocycles. The third kappa shape index (κ3) is 11.6. The van der Waals surface area contributed by atoms with Crippen LogP contribution in [0.15, 0.2) is 78.9 Å². The zero-order valence-corrected chi connectivity index (χ0v) is 28.6. The SMILES string of the molecule is CCOP(=O)(OCC)c1ccc(NC(=O)C(Cc2ccc(C(=O)NCCS(=O)(=O)O)cc2)c2ccc(/C=C/C(C)(C)C)cc2)cc1. The van der Waals surface area contributed by atoms with Gasteiger partial charge in [0.25, 0.3) is 16.0 Å². The average Bonchev–Trinajstić information content (AvgIpc) is 2.99. The smallest absolute Gasteiger partial charge is 0.351 e. The molecule has 3 aromatic carbocycles. The van der Waals surface area contributed by atoms with E-state index in [0.717, 1.165) is 16.7 Å². The van der Waals surface area contributed by atoms with Crippen LogP contribution in [0.3, 0.4) is 0 Å². The first-order chi connectivity index (χ1) is 21.6. The molecule has 0 saturated heterocycles. The second kappa shape index (κ2) is 16.3. The Kier molecular flexibility index (Phi) is 13.1. The van der Waals surface area contributed by atoms with Crippen molar-refractivity contribution in [1.29, 1.82) is 0 Å². The standard InChI is InChI=1S/C34H43N2O8PS/c1-6-43-45(39,44-7-2)30-18-16-29(17-19-30)36-33(38)31(27-12-8-25(9-13-27)20-21-34(3,4)5)24-26-10-14-28(15-11-26)32(37)35-22-23-46(40,41)42/h8-21,31H,6-7,22-24H2,1-5H3,(H,35,37)(H,36,38)(H,40,41,42)/b21-20+. The number of hydrogen-bond donors (Lipinski definition) is 3. The van der Waals surface area contributed by atoms with Crippen molar-refractivity contribution in [3.63, 3.8) is 0 Å². The molecule has 0 bridgehead atoms. The topological polar surface area (TPSA) is 148 Å². The van der Waals surface area contributed by atoms with E-state index in [1.165, 1.54) is 0 Å². The molecule has 0 aliphatic rings. The summed E-state index contributed by atoms with van der Waals surface area (Å²) in [5.74, 6) is -1.91. The lowest BCUT2D eigenvalue weighted by molar-refractivity contribution is -0.117. The molecule has 0 spiro atoms. The van der Waals surface area contributed by atoms with Crippen molar-refractivity contribution in [2.75, 3.05) is 30.8 Å². The fourth-order valence-electron chi connectivity index (χ4n) is 4.45. The third-order valence-electron chi connectivity index (χ3n) is 6.78. The van der Waals surface area contributed by atoms with Gasteiger partial charge in [-0.15, -0.1) is 0 Å². The number of allylic oxidation sites excluding steroid dienone is 1. The average molecular weight is 671 g/mol. The molecule has 3 aromatic rings. The van der Waals surface area contributed by atoms with Crippen molar-refractivity contribution in [1.82, 2.24) is 5.32 Å². The van der Waals surface area contributed by atoms with Crippen LogP contribution < -0.4 is 15.9 Å². The van der Waals surface area contributed by atoms with Crippen LogP contribution in [0.4, 0.5) is 5.69 Å². The van der Waals surface area contributed by atoms with E-state index < -0.39 is 35.3 Å². The summed E-state index contributed by atoms with van der Waals surface area (Å²) in [6.45, 7) is 10.1. The molecule has 248 valence electrons. The van der Waals surface area contributed by atoms with Crippen LogP contribution in [0, 0.1) is 5.41 Å². The van der Waals surface area contributed by atoms with Crippen molar-refractivity contribution < 1.29 is 36.2 Å². The van der Waals surface area contributed by atoms with E-state index in [-0.39, 0.29) is 31.1 Å². The molecule has 0 aliphatic carbocycles. The Morgan fingerprint density at radius 1 is 0.913 bits per heavy atom. The fourth-order valence-corrected chi connectivity index (χ4v) is 6.38. The normalized spacial score (nSPS) is 13.0. The Bertz CT molecular complexity index is 1640. The fraction of sp³-hybridized carbons (Fsp3) is 0.353. The van der Waals surface area contributed by atoms with Crippen LogP contribution in [-0.2, 0) is 34.9 Å². The van der Waals surface area contributed by atoms with Crippen LogP contribution in [0.5, 0.6) is 0 Å². The van der Waals surface area contributed by atoms with Gasteiger partial charge in [-0.25, -0.2) is 0 Å².